The molecule has 0 spiro atoms. The van der Waals surface area contributed by atoms with Gasteiger partial charge in [0.2, 0.25) is 0 Å². The fraction of sp³-hybridized carbons (Fsp3) is 0.818. The molecule has 3 rings (SSSR count). The fourth-order valence-corrected chi connectivity index (χ4v) is 8.67. The fourth-order valence-electron chi connectivity index (χ4n) is 7.37. The van der Waals surface area contributed by atoms with Crippen molar-refractivity contribution in [3.63, 3.8) is 0 Å². The number of aliphatic hydroxyl groups excluding tert-OH is 1. The molecule has 4 heteroatoms. The van der Waals surface area contributed by atoms with Gasteiger partial charge in [0.15, 0.2) is 8.32 Å². The molecule has 212 valence electrons. The van der Waals surface area contributed by atoms with E-state index >= 15 is 0 Å². The van der Waals surface area contributed by atoms with E-state index in [2.05, 4.69) is 66.4 Å². The number of rotatable bonds is 8. The van der Waals surface area contributed by atoms with Gasteiger partial charge in [0.1, 0.15) is 0 Å². The van der Waals surface area contributed by atoms with Gasteiger partial charge in [-0.25, -0.2) is 0 Å². The summed E-state index contributed by atoms with van der Waals surface area (Å²) in [4.78, 5) is 0. The molecule has 0 aromatic carbocycles. The number of hydrogen-bond donors (Lipinski definition) is 2. The summed E-state index contributed by atoms with van der Waals surface area (Å²) in [5, 5.41) is 21.0. The van der Waals surface area contributed by atoms with Crippen LogP contribution < -0.4 is 0 Å². The lowest BCUT2D eigenvalue weighted by molar-refractivity contribution is 0.0596. The summed E-state index contributed by atoms with van der Waals surface area (Å²) in [6.45, 7) is 24.7. The molecule has 0 aromatic heterocycles. The Kier molecular flexibility index (Phi) is 9.53. The van der Waals surface area contributed by atoms with Gasteiger partial charge >= 0.3 is 0 Å². The van der Waals surface area contributed by atoms with E-state index in [9.17, 15) is 10.2 Å². The van der Waals surface area contributed by atoms with Gasteiger partial charge < -0.3 is 14.6 Å². The predicted molar refractivity (Wildman–Crippen MR) is 160 cm³/mol. The molecule has 3 nitrogen and oxygen atoms in total. The second kappa shape index (κ2) is 11.4. The van der Waals surface area contributed by atoms with Gasteiger partial charge in [-0.1, -0.05) is 71.8 Å². The van der Waals surface area contributed by atoms with Crippen molar-refractivity contribution in [2.45, 2.75) is 149 Å². The Labute approximate surface area is 230 Å². The van der Waals surface area contributed by atoms with E-state index in [0.717, 1.165) is 24.3 Å². The summed E-state index contributed by atoms with van der Waals surface area (Å²) in [5.74, 6) is 2.14. The van der Waals surface area contributed by atoms with Gasteiger partial charge in [-0.15, -0.1) is 0 Å². The minimum absolute atomic E-state index is 0.0773. The summed E-state index contributed by atoms with van der Waals surface area (Å²) in [6, 6.07) is 0. The first-order valence-corrected chi connectivity index (χ1v) is 18.0. The minimum Gasteiger partial charge on any atom is -0.410 e. The molecule has 0 heterocycles. The predicted octanol–water partition coefficient (Wildman–Crippen LogP) is 8.73. The van der Waals surface area contributed by atoms with Gasteiger partial charge in [-0.2, -0.15) is 0 Å². The number of aliphatic hydroxyl groups is 2. The van der Waals surface area contributed by atoms with Crippen LogP contribution in [0.5, 0.6) is 0 Å². The standard InChI is InChI=1S/C33H58O3Si/c1-23(13-11-19-32(6,7)35)28-17-18-29-25(14-12-20-33(28,29)8)15-16-26-21-27(34)22-30(24(26)2)36-37(9,10)31(3,4)5/h15-16,23,27-30,34-35H,2,11-14,17-22H2,1,3-10H3/t23?,27?,28?,29?,30?,33-/m1/s1. The molecule has 0 bridgehead atoms. The van der Waals surface area contributed by atoms with Crippen molar-refractivity contribution in [1.29, 1.82) is 0 Å². The molecule has 0 aliphatic heterocycles. The van der Waals surface area contributed by atoms with E-state index in [4.69, 9.17) is 4.43 Å². The van der Waals surface area contributed by atoms with Gasteiger partial charge in [0, 0.05) is 6.42 Å². The Balaban J connectivity index is 1.73. The molecule has 0 aromatic rings. The summed E-state index contributed by atoms with van der Waals surface area (Å²) in [7, 11) is -1.94. The van der Waals surface area contributed by atoms with E-state index in [1.807, 2.05) is 13.8 Å². The van der Waals surface area contributed by atoms with Crippen molar-refractivity contribution in [2.75, 3.05) is 0 Å². The second-order valence-electron chi connectivity index (χ2n) is 15.2. The molecule has 0 radical (unpaired) electrons. The van der Waals surface area contributed by atoms with Crippen molar-refractivity contribution in [2.24, 2.45) is 23.2 Å². The topological polar surface area (TPSA) is 49.7 Å². The molecule has 37 heavy (non-hydrogen) atoms. The molecule has 3 aliphatic rings. The first kappa shape index (κ1) is 30.9. The maximum absolute atomic E-state index is 10.7. The number of fused-ring (bicyclic) bond motifs is 1. The monoisotopic (exact) mass is 530 g/mol. The Hall–Kier alpha value is -0.683. The third-order valence-electron chi connectivity index (χ3n) is 10.7. The van der Waals surface area contributed by atoms with Crippen LogP contribution in [0.4, 0.5) is 0 Å². The lowest BCUT2D eigenvalue weighted by Gasteiger charge is -2.44. The highest BCUT2D eigenvalue weighted by Crippen LogP contribution is 2.60. The Morgan fingerprint density at radius 2 is 1.84 bits per heavy atom. The molecule has 6 atom stereocenters. The zero-order chi connectivity index (χ0) is 27.8. The van der Waals surface area contributed by atoms with Crippen LogP contribution in [-0.2, 0) is 4.43 Å². The zero-order valence-electron chi connectivity index (χ0n) is 25.6. The Morgan fingerprint density at radius 1 is 1.16 bits per heavy atom. The highest BCUT2D eigenvalue weighted by molar-refractivity contribution is 6.74. The maximum atomic E-state index is 10.7. The third-order valence-corrected chi connectivity index (χ3v) is 15.1. The first-order chi connectivity index (χ1) is 16.9. The SMILES string of the molecule is C=C1C(=CC=C2CCC[C@@]3(C)C2CCC3C(C)CCCC(C)(C)O)CC(O)CC1O[Si](C)(C)C(C)(C)C. The van der Waals surface area contributed by atoms with Gasteiger partial charge in [0.05, 0.1) is 17.8 Å². The van der Waals surface area contributed by atoms with Crippen LogP contribution in [0, 0.1) is 23.2 Å². The molecule has 5 unspecified atom stereocenters. The van der Waals surface area contributed by atoms with Crippen molar-refractivity contribution >= 4 is 8.32 Å². The number of allylic oxidation sites excluding steroid dienone is 3. The zero-order valence-corrected chi connectivity index (χ0v) is 26.6. The number of hydrogen-bond acceptors (Lipinski definition) is 3. The summed E-state index contributed by atoms with van der Waals surface area (Å²) in [5.41, 5.74) is 3.70. The Bertz CT molecular complexity index is 871. The van der Waals surface area contributed by atoms with Crippen LogP contribution >= 0.6 is 0 Å². The molecular formula is C33H58O3Si. The van der Waals surface area contributed by atoms with Crippen LogP contribution in [0.15, 0.2) is 35.5 Å². The average molecular weight is 531 g/mol. The van der Waals surface area contributed by atoms with Crippen LogP contribution in [0.1, 0.15) is 113 Å². The molecule has 0 saturated heterocycles. The summed E-state index contributed by atoms with van der Waals surface area (Å²) >= 11 is 0. The first-order valence-electron chi connectivity index (χ1n) is 15.1. The normalized spacial score (nSPS) is 34.7. The van der Waals surface area contributed by atoms with Gasteiger partial charge in [0.25, 0.3) is 0 Å². The van der Waals surface area contributed by atoms with Crippen LogP contribution in [-0.4, -0.2) is 36.3 Å². The Morgan fingerprint density at radius 3 is 2.46 bits per heavy atom. The van der Waals surface area contributed by atoms with Crippen molar-refractivity contribution in [3.05, 3.63) is 35.5 Å². The molecule has 3 saturated carbocycles. The van der Waals surface area contributed by atoms with Crippen molar-refractivity contribution in [3.8, 4) is 0 Å². The lowest BCUT2D eigenvalue weighted by atomic mass is 9.60. The van der Waals surface area contributed by atoms with E-state index in [1.54, 1.807) is 5.57 Å². The minimum atomic E-state index is -1.94. The lowest BCUT2D eigenvalue weighted by Crippen LogP contribution is -2.46. The average Bonchev–Trinajstić information content (AvgIpc) is 3.10. The van der Waals surface area contributed by atoms with Crippen LogP contribution in [0.25, 0.3) is 0 Å². The van der Waals surface area contributed by atoms with Crippen molar-refractivity contribution in [1.82, 2.24) is 0 Å². The van der Waals surface area contributed by atoms with Crippen LogP contribution in [0.3, 0.4) is 0 Å². The molecule has 0 amide bonds. The van der Waals surface area contributed by atoms with E-state index in [0.29, 0.717) is 30.1 Å². The highest BCUT2D eigenvalue weighted by atomic mass is 28.4. The van der Waals surface area contributed by atoms with Crippen LogP contribution in [0.2, 0.25) is 18.1 Å². The smallest absolute Gasteiger partial charge is 0.192 e. The summed E-state index contributed by atoms with van der Waals surface area (Å²) in [6.07, 6.45) is 15.2. The molecule has 2 N–H and O–H groups in total. The van der Waals surface area contributed by atoms with E-state index < -0.39 is 13.9 Å². The van der Waals surface area contributed by atoms with Gasteiger partial charge in [-0.05, 0) is 111 Å². The van der Waals surface area contributed by atoms with E-state index in [-0.39, 0.29) is 17.2 Å². The van der Waals surface area contributed by atoms with Crippen molar-refractivity contribution < 1.29 is 14.6 Å². The quantitative estimate of drug-likeness (QED) is 0.308. The second-order valence-corrected chi connectivity index (χ2v) is 20.0. The maximum Gasteiger partial charge on any atom is 0.192 e. The molecular weight excluding hydrogens is 472 g/mol. The highest BCUT2D eigenvalue weighted by Gasteiger charge is 2.50. The van der Waals surface area contributed by atoms with Gasteiger partial charge in [-0.3, -0.25) is 0 Å². The molecule has 3 fully saturated rings. The molecule has 3 aliphatic carbocycles. The largest absolute Gasteiger partial charge is 0.410 e. The van der Waals surface area contributed by atoms with E-state index in [1.165, 1.54) is 44.1 Å². The summed E-state index contributed by atoms with van der Waals surface area (Å²) < 4.78 is 6.73. The third kappa shape index (κ3) is 7.29.